The van der Waals surface area contributed by atoms with Gasteiger partial charge >= 0.3 is 6.03 Å². The number of nitrogens with zero attached hydrogens (tertiary/aromatic N) is 4. The highest BCUT2D eigenvalue weighted by Gasteiger charge is 2.23. The van der Waals surface area contributed by atoms with Gasteiger partial charge < -0.3 is 14.3 Å². The molecule has 0 atom stereocenters. The SMILES string of the molecule is Cc1cc(NC(=O)N2CCN(c3cccc(-c4ccc(F)cc4F)n3)CC2)on1. The van der Waals surface area contributed by atoms with Crippen molar-refractivity contribution in [3.8, 4) is 11.3 Å². The largest absolute Gasteiger partial charge is 0.353 e. The van der Waals surface area contributed by atoms with E-state index in [-0.39, 0.29) is 11.6 Å². The fourth-order valence-corrected chi connectivity index (χ4v) is 3.19. The number of carbonyl (C=O) groups is 1. The summed E-state index contributed by atoms with van der Waals surface area (Å²) in [7, 11) is 0. The normalized spacial score (nSPS) is 14.2. The lowest BCUT2D eigenvalue weighted by molar-refractivity contribution is 0.207. The molecule has 0 saturated carbocycles. The molecule has 7 nitrogen and oxygen atoms in total. The van der Waals surface area contributed by atoms with Gasteiger partial charge in [-0.15, -0.1) is 0 Å². The topological polar surface area (TPSA) is 74.5 Å². The van der Waals surface area contributed by atoms with Gasteiger partial charge in [0.2, 0.25) is 5.88 Å². The van der Waals surface area contributed by atoms with Crippen LogP contribution in [-0.4, -0.2) is 47.3 Å². The van der Waals surface area contributed by atoms with E-state index in [2.05, 4.69) is 15.5 Å². The molecule has 9 heteroatoms. The van der Waals surface area contributed by atoms with Crippen molar-refractivity contribution in [1.82, 2.24) is 15.0 Å². The molecular formula is C20H19F2N5O2. The van der Waals surface area contributed by atoms with E-state index < -0.39 is 11.6 Å². The Bertz CT molecular complexity index is 1030. The average molecular weight is 399 g/mol. The van der Waals surface area contributed by atoms with Crippen LogP contribution in [0.5, 0.6) is 0 Å². The van der Waals surface area contributed by atoms with Gasteiger partial charge in [-0.1, -0.05) is 11.2 Å². The van der Waals surface area contributed by atoms with Crippen molar-refractivity contribution in [2.75, 3.05) is 36.4 Å². The smallest absolute Gasteiger partial charge is 0.324 e. The van der Waals surface area contributed by atoms with Crippen LogP contribution in [0.2, 0.25) is 0 Å². The first-order chi connectivity index (χ1) is 14.0. The van der Waals surface area contributed by atoms with Crippen molar-refractivity contribution < 1.29 is 18.1 Å². The summed E-state index contributed by atoms with van der Waals surface area (Å²) in [6, 6.07) is 10.1. The number of amides is 2. The number of anilines is 2. The molecule has 1 aliphatic heterocycles. The Kier molecular flexibility index (Phi) is 5.11. The second-order valence-corrected chi connectivity index (χ2v) is 6.74. The standard InChI is InChI=1S/C20H19F2N5O2/c1-13-11-19(29-25-13)24-20(28)27-9-7-26(8-10-27)18-4-2-3-17(23-18)15-6-5-14(21)12-16(15)22/h2-6,11-12H,7-10H2,1H3,(H,24,28). The number of aromatic nitrogens is 2. The quantitative estimate of drug-likeness (QED) is 0.727. The van der Waals surface area contributed by atoms with Gasteiger partial charge in [-0.3, -0.25) is 5.32 Å². The predicted octanol–water partition coefficient (Wildman–Crippen LogP) is 3.68. The van der Waals surface area contributed by atoms with Crippen LogP contribution in [0.15, 0.2) is 47.0 Å². The van der Waals surface area contributed by atoms with Gasteiger partial charge in [0.05, 0.1) is 11.4 Å². The number of halogens is 2. The number of nitrogens with one attached hydrogen (secondary N) is 1. The second kappa shape index (κ2) is 7.86. The van der Waals surface area contributed by atoms with Crippen molar-refractivity contribution >= 4 is 17.7 Å². The van der Waals surface area contributed by atoms with E-state index in [0.29, 0.717) is 49.3 Å². The summed E-state index contributed by atoms with van der Waals surface area (Å²) >= 11 is 0. The van der Waals surface area contributed by atoms with Crippen molar-refractivity contribution in [2.45, 2.75) is 6.92 Å². The molecule has 0 bridgehead atoms. The van der Waals surface area contributed by atoms with Crippen molar-refractivity contribution in [3.05, 3.63) is 59.8 Å². The number of pyridine rings is 1. The Morgan fingerprint density at radius 2 is 1.90 bits per heavy atom. The summed E-state index contributed by atoms with van der Waals surface area (Å²) in [5.41, 5.74) is 1.36. The van der Waals surface area contributed by atoms with E-state index in [0.717, 1.165) is 6.07 Å². The molecule has 1 fully saturated rings. The maximum absolute atomic E-state index is 14.1. The summed E-state index contributed by atoms with van der Waals surface area (Å²) in [6.07, 6.45) is 0. The number of piperazine rings is 1. The molecule has 0 unspecified atom stereocenters. The molecule has 0 spiro atoms. The number of aryl methyl sites for hydroxylation is 1. The van der Waals surface area contributed by atoms with E-state index in [1.54, 1.807) is 30.0 Å². The first kappa shape index (κ1) is 18.9. The Balaban J connectivity index is 1.41. The molecule has 1 aliphatic rings. The zero-order valence-corrected chi connectivity index (χ0v) is 15.7. The third kappa shape index (κ3) is 4.18. The zero-order chi connectivity index (χ0) is 20.4. The molecule has 0 radical (unpaired) electrons. The summed E-state index contributed by atoms with van der Waals surface area (Å²) < 4.78 is 32.2. The van der Waals surface area contributed by atoms with Crippen LogP contribution in [0.1, 0.15) is 5.69 Å². The number of carbonyl (C=O) groups excluding carboxylic acids is 1. The minimum Gasteiger partial charge on any atom is -0.353 e. The van der Waals surface area contributed by atoms with Crippen molar-refractivity contribution in [1.29, 1.82) is 0 Å². The maximum Gasteiger partial charge on any atom is 0.324 e. The molecular weight excluding hydrogens is 380 g/mol. The molecule has 3 heterocycles. The summed E-state index contributed by atoms with van der Waals surface area (Å²) in [5, 5.41) is 6.42. The Hall–Kier alpha value is -3.49. The Morgan fingerprint density at radius 3 is 2.59 bits per heavy atom. The van der Waals surface area contributed by atoms with Gasteiger partial charge in [0.1, 0.15) is 17.5 Å². The van der Waals surface area contributed by atoms with E-state index in [1.165, 1.54) is 12.1 Å². The minimum absolute atomic E-state index is 0.244. The first-order valence-corrected chi connectivity index (χ1v) is 9.16. The van der Waals surface area contributed by atoms with E-state index >= 15 is 0 Å². The van der Waals surface area contributed by atoms with Crippen molar-refractivity contribution in [3.63, 3.8) is 0 Å². The highest BCUT2D eigenvalue weighted by atomic mass is 19.1. The molecule has 3 aromatic rings. The monoisotopic (exact) mass is 399 g/mol. The molecule has 1 saturated heterocycles. The lowest BCUT2D eigenvalue weighted by Gasteiger charge is -2.35. The Labute approximate surface area is 165 Å². The van der Waals surface area contributed by atoms with Crippen LogP contribution in [0.4, 0.5) is 25.3 Å². The van der Waals surface area contributed by atoms with Gasteiger partial charge in [-0.2, -0.15) is 0 Å². The second-order valence-electron chi connectivity index (χ2n) is 6.74. The van der Waals surface area contributed by atoms with Crippen LogP contribution < -0.4 is 10.2 Å². The third-order valence-electron chi connectivity index (χ3n) is 4.69. The van der Waals surface area contributed by atoms with Crippen LogP contribution in [0.3, 0.4) is 0 Å². The van der Waals surface area contributed by atoms with Gasteiger partial charge in [-0.25, -0.2) is 18.6 Å². The number of urea groups is 1. The van der Waals surface area contributed by atoms with Crippen LogP contribution in [-0.2, 0) is 0 Å². The molecule has 2 aromatic heterocycles. The first-order valence-electron chi connectivity index (χ1n) is 9.16. The lowest BCUT2D eigenvalue weighted by Crippen LogP contribution is -2.50. The summed E-state index contributed by atoms with van der Waals surface area (Å²) in [6.45, 7) is 3.92. The van der Waals surface area contributed by atoms with Crippen LogP contribution >= 0.6 is 0 Å². The van der Waals surface area contributed by atoms with Crippen LogP contribution in [0.25, 0.3) is 11.3 Å². The van der Waals surface area contributed by atoms with E-state index in [9.17, 15) is 13.6 Å². The molecule has 2 amide bonds. The highest BCUT2D eigenvalue weighted by Crippen LogP contribution is 2.24. The maximum atomic E-state index is 14.1. The van der Waals surface area contributed by atoms with Crippen molar-refractivity contribution in [2.24, 2.45) is 0 Å². The average Bonchev–Trinajstić information content (AvgIpc) is 3.13. The van der Waals surface area contributed by atoms with Gasteiger partial charge in [-0.05, 0) is 31.2 Å². The summed E-state index contributed by atoms with van der Waals surface area (Å²) in [4.78, 5) is 20.6. The molecule has 1 N–H and O–H groups in total. The fourth-order valence-electron chi connectivity index (χ4n) is 3.19. The Morgan fingerprint density at radius 1 is 1.10 bits per heavy atom. The molecule has 150 valence electrons. The fraction of sp³-hybridized carbons (Fsp3) is 0.250. The summed E-state index contributed by atoms with van der Waals surface area (Å²) in [5.74, 6) is -0.293. The van der Waals surface area contributed by atoms with Gasteiger partial charge in [0.15, 0.2) is 0 Å². The number of benzene rings is 1. The van der Waals surface area contributed by atoms with Crippen LogP contribution in [0, 0.1) is 18.6 Å². The van der Waals surface area contributed by atoms with Gasteiger partial charge in [0.25, 0.3) is 0 Å². The predicted molar refractivity (Wildman–Crippen MR) is 104 cm³/mol. The lowest BCUT2D eigenvalue weighted by atomic mass is 10.1. The van der Waals surface area contributed by atoms with E-state index in [1.807, 2.05) is 11.0 Å². The molecule has 29 heavy (non-hydrogen) atoms. The van der Waals surface area contributed by atoms with E-state index in [4.69, 9.17) is 4.52 Å². The number of rotatable bonds is 3. The number of hydrogen-bond donors (Lipinski definition) is 1. The minimum atomic E-state index is -0.654. The van der Waals surface area contributed by atoms with Gasteiger partial charge in [0, 0.05) is 43.9 Å². The highest BCUT2D eigenvalue weighted by molar-refractivity contribution is 5.88. The molecule has 4 rings (SSSR count). The molecule has 1 aromatic carbocycles. The third-order valence-corrected chi connectivity index (χ3v) is 4.69. The molecule has 0 aliphatic carbocycles. The number of hydrogen-bond acceptors (Lipinski definition) is 5. The zero-order valence-electron chi connectivity index (χ0n) is 15.7.